The van der Waals surface area contributed by atoms with Crippen LogP contribution in [-0.2, 0) is 4.74 Å². The van der Waals surface area contributed by atoms with Crippen molar-refractivity contribution in [1.29, 1.82) is 0 Å². The molecular formula is C15H17N3O2. The fourth-order valence-corrected chi connectivity index (χ4v) is 2.26. The van der Waals surface area contributed by atoms with Crippen LogP contribution in [0, 0.1) is 6.92 Å². The molecule has 0 spiro atoms. The summed E-state index contributed by atoms with van der Waals surface area (Å²) < 4.78 is 11.5. The largest absolute Gasteiger partial charge is 0.438 e. The van der Waals surface area contributed by atoms with E-state index >= 15 is 0 Å². The fourth-order valence-electron chi connectivity index (χ4n) is 2.26. The normalized spacial score (nSPS) is 18.8. The molecule has 0 radical (unpaired) electrons. The number of rotatable bonds is 3. The van der Waals surface area contributed by atoms with Gasteiger partial charge in [-0.05, 0) is 36.2 Å². The van der Waals surface area contributed by atoms with Gasteiger partial charge < -0.3 is 14.8 Å². The second-order valence-corrected chi connectivity index (χ2v) is 4.75. The summed E-state index contributed by atoms with van der Waals surface area (Å²) in [5.74, 6) is 1.24. The molecule has 1 N–H and O–H groups in total. The van der Waals surface area contributed by atoms with Gasteiger partial charge in [0.15, 0.2) is 0 Å². The molecule has 2 heterocycles. The number of aryl methyl sites for hydroxylation is 1. The molecule has 0 unspecified atom stereocenters. The van der Waals surface area contributed by atoms with E-state index in [0.29, 0.717) is 5.88 Å². The zero-order valence-corrected chi connectivity index (χ0v) is 11.4. The third kappa shape index (κ3) is 2.95. The van der Waals surface area contributed by atoms with Crippen LogP contribution in [-0.4, -0.2) is 29.9 Å². The van der Waals surface area contributed by atoms with Crippen LogP contribution in [0.15, 0.2) is 36.5 Å². The Morgan fingerprint density at radius 2 is 2.30 bits per heavy atom. The smallest absolute Gasteiger partial charge is 0.238 e. The lowest BCUT2D eigenvalue weighted by Gasteiger charge is -2.25. The van der Waals surface area contributed by atoms with E-state index in [1.54, 1.807) is 18.3 Å². The predicted molar refractivity (Wildman–Crippen MR) is 74.8 cm³/mol. The number of nitrogens with zero attached hydrogens (tertiary/aromatic N) is 2. The van der Waals surface area contributed by atoms with Gasteiger partial charge in [0, 0.05) is 25.4 Å². The van der Waals surface area contributed by atoms with Gasteiger partial charge in [-0.25, -0.2) is 0 Å². The zero-order valence-electron chi connectivity index (χ0n) is 11.4. The summed E-state index contributed by atoms with van der Waals surface area (Å²) in [6, 6.07) is 9.57. The van der Waals surface area contributed by atoms with E-state index in [0.717, 1.165) is 31.0 Å². The highest BCUT2D eigenvalue weighted by molar-refractivity contribution is 5.38. The van der Waals surface area contributed by atoms with Crippen molar-refractivity contribution in [3.63, 3.8) is 0 Å². The first kappa shape index (κ1) is 13.0. The number of ether oxygens (including phenoxy) is 2. The third-order valence-corrected chi connectivity index (χ3v) is 3.30. The van der Waals surface area contributed by atoms with Crippen LogP contribution >= 0.6 is 0 Å². The Hall–Kier alpha value is -1.98. The van der Waals surface area contributed by atoms with E-state index in [1.165, 1.54) is 5.56 Å². The average Bonchev–Trinajstić information content (AvgIpc) is 2.51. The highest BCUT2D eigenvalue weighted by atomic mass is 16.5. The SMILES string of the molecule is Cc1ccc(Oc2cccnn2)cc1[C@H]1CNCCO1. The van der Waals surface area contributed by atoms with Crippen molar-refractivity contribution in [3.05, 3.63) is 47.7 Å². The van der Waals surface area contributed by atoms with Gasteiger partial charge in [-0.3, -0.25) is 0 Å². The van der Waals surface area contributed by atoms with Crippen LogP contribution in [0.25, 0.3) is 0 Å². The molecule has 1 saturated heterocycles. The Morgan fingerprint density at radius 1 is 1.35 bits per heavy atom. The molecule has 1 aromatic heterocycles. The number of hydrogen-bond acceptors (Lipinski definition) is 5. The summed E-state index contributed by atoms with van der Waals surface area (Å²) in [5, 5.41) is 11.1. The molecule has 20 heavy (non-hydrogen) atoms. The average molecular weight is 271 g/mol. The van der Waals surface area contributed by atoms with Crippen LogP contribution in [0.4, 0.5) is 0 Å². The minimum atomic E-state index is 0.0779. The van der Waals surface area contributed by atoms with Crippen molar-refractivity contribution in [3.8, 4) is 11.6 Å². The van der Waals surface area contributed by atoms with Crippen LogP contribution in [0.3, 0.4) is 0 Å². The second kappa shape index (κ2) is 5.98. The van der Waals surface area contributed by atoms with Gasteiger partial charge in [-0.1, -0.05) is 6.07 Å². The Bertz CT molecular complexity index is 569. The minimum absolute atomic E-state index is 0.0779. The maximum atomic E-state index is 5.80. The van der Waals surface area contributed by atoms with Crippen molar-refractivity contribution in [1.82, 2.24) is 15.5 Å². The van der Waals surface area contributed by atoms with E-state index in [4.69, 9.17) is 9.47 Å². The highest BCUT2D eigenvalue weighted by Crippen LogP contribution is 2.28. The first-order valence-electron chi connectivity index (χ1n) is 6.71. The highest BCUT2D eigenvalue weighted by Gasteiger charge is 2.18. The summed E-state index contributed by atoms with van der Waals surface area (Å²) in [6.45, 7) is 4.56. The monoisotopic (exact) mass is 271 g/mol. The minimum Gasteiger partial charge on any atom is -0.438 e. The summed E-state index contributed by atoms with van der Waals surface area (Å²) >= 11 is 0. The van der Waals surface area contributed by atoms with E-state index in [9.17, 15) is 0 Å². The molecule has 3 rings (SSSR count). The molecule has 0 saturated carbocycles. The lowest BCUT2D eigenvalue weighted by atomic mass is 10.0. The second-order valence-electron chi connectivity index (χ2n) is 4.75. The van der Waals surface area contributed by atoms with E-state index < -0.39 is 0 Å². The lowest BCUT2D eigenvalue weighted by Crippen LogP contribution is -2.33. The molecule has 1 aromatic carbocycles. The molecule has 5 heteroatoms. The van der Waals surface area contributed by atoms with Gasteiger partial charge in [-0.2, -0.15) is 5.10 Å². The van der Waals surface area contributed by atoms with Gasteiger partial charge >= 0.3 is 0 Å². The van der Waals surface area contributed by atoms with Crippen molar-refractivity contribution in [2.75, 3.05) is 19.7 Å². The molecule has 104 valence electrons. The van der Waals surface area contributed by atoms with Crippen LogP contribution < -0.4 is 10.1 Å². The van der Waals surface area contributed by atoms with E-state index in [2.05, 4.69) is 22.4 Å². The van der Waals surface area contributed by atoms with Gasteiger partial charge in [0.05, 0.1) is 12.7 Å². The summed E-state index contributed by atoms with van der Waals surface area (Å²) in [5.41, 5.74) is 2.35. The molecule has 5 nitrogen and oxygen atoms in total. The Morgan fingerprint density at radius 3 is 3.05 bits per heavy atom. The maximum absolute atomic E-state index is 5.80. The molecule has 0 amide bonds. The van der Waals surface area contributed by atoms with E-state index in [-0.39, 0.29) is 6.10 Å². The Labute approximate surface area is 117 Å². The molecule has 1 aliphatic heterocycles. The molecular weight excluding hydrogens is 254 g/mol. The Kier molecular flexibility index (Phi) is 3.90. The summed E-state index contributed by atoms with van der Waals surface area (Å²) in [7, 11) is 0. The van der Waals surface area contributed by atoms with Gasteiger partial charge in [0.1, 0.15) is 5.75 Å². The topological polar surface area (TPSA) is 56.3 Å². The van der Waals surface area contributed by atoms with Crippen molar-refractivity contribution < 1.29 is 9.47 Å². The van der Waals surface area contributed by atoms with Crippen LogP contribution in [0.1, 0.15) is 17.2 Å². The molecule has 0 aliphatic carbocycles. The van der Waals surface area contributed by atoms with Gasteiger partial charge in [-0.15, -0.1) is 5.10 Å². The molecule has 1 aliphatic rings. The maximum Gasteiger partial charge on any atom is 0.238 e. The first-order valence-corrected chi connectivity index (χ1v) is 6.71. The zero-order chi connectivity index (χ0) is 13.8. The summed E-state index contributed by atoms with van der Waals surface area (Å²) in [6.07, 6.45) is 1.70. The predicted octanol–water partition coefficient (Wildman–Crippen LogP) is 2.24. The van der Waals surface area contributed by atoms with Crippen molar-refractivity contribution >= 4 is 0 Å². The molecule has 2 aromatic rings. The molecule has 0 bridgehead atoms. The van der Waals surface area contributed by atoms with Gasteiger partial charge in [0.2, 0.25) is 5.88 Å². The molecule has 1 atom stereocenters. The molecule has 1 fully saturated rings. The number of morpholine rings is 1. The van der Waals surface area contributed by atoms with Crippen LogP contribution in [0.2, 0.25) is 0 Å². The fraction of sp³-hybridized carbons (Fsp3) is 0.333. The quantitative estimate of drug-likeness (QED) is 0.927. The number of nitrogens with one attached hydrogen (secondary N) is 1. The summed E-state index contributed by atoms with van der Waals surface area (Å²) in [4.78, 5) is 0. The number of benzene rings is 1. The standard InChI is InChI=1S/C15H17N3O2/c1-11-4-5-12(20-15-3-2-6-17-18-15)9-13(11)14-10-16-7-8-19-14/h2-6,9,14,16H,7-8,10H2,1H3/t14-/m1/s1. The number of hydrogen-bond donors (Lipinski definition) is 1. The van der Waals surface area contributed by atoms with Crippen molar-refractivity contribution in [2.24, 2.45) is 0 Å². The third-order valence-electron chi connectivity index (χ3n) is 3.30. The lowest BCUT2D eigenvalue weighted by molar-refractivity contribution is 0.0272. The Balaban J connectivity index is 1.82. The number of aromatic nitrogens is 2. The van der Waals surface area contributed by atoms with Gasteiger partial charge in [0.25, 0.3) is 0 Å². The first-order chi connectivity index (χ1) is 9.83. The van der Waals surface area contributed by atoms with Crippen LogP contribution in [0.5, 0.6) is 11.6 Å². The van der Waals surface area contributed by atoms with Crippen molar-refractivity contribution in [2.45, 2.75) is 13.0 Å². The van der Waals surface area contributed by atoms with E-state index in [1.807, 2.05) is 18.2 Å².